The fourth-order valence-corrected chi connectivity index (χ4v) is 2.53. The van der Waals surface area contributed by atoms with E-state index >= 15 is 0 Å². The molecule has 0 fully saturated rings. The van der Waals surface area contributed by atoms with Crippen LogP contribution in [0.25, 0.3) is 11.1 Å². The van der Waals surface area contributed by atoms with E-state index in [0.717, 1.165) is 22.4 Å². The number of amides is 2. The number of hydrogen-bond donors (Lipinski definition) is 2. The van der Waals surface area contributed by atoms with E-state index in [9.17, 15) is 9.59 Å². The highest BCUT2D eigenvalue weighted by molar-refractivity contribution is 6.04. The van der Waals surface area contributed by atoms with Crippen molar-refractivity contribution in [2.75, 3.05) is 5.32 Å². The van der Waals surface area contributed by atoms with Crippen molar-refractivity contribution in [1.82, 2.24) is 5.32 Å². The Labute approximate surface area is 123 Å². The molecule has 0 aliphatic carbocycles. The van der Waals surface area contributed by atoms with E-state index in [1.165, 1.54) is 12.5 Å². The third-order valence-corrected chi connectivity index (χ3v) is 3.62. The third-order valence-electron chi connectivity index (χ3n) is 3.62. The first-order valence-electron chi connectivity index (χ1n) is 6.83. The molecule has 0 spiro atoms. The maximum absolute atomic E-state index is 11.9. The molecule has 2 amide bonds. The molecule has 0 bridgehead atoms. The van der Waals surface area contributed by atoms with Crippen LogP contribution >= 0.6 is 0 Å². The number of rotatable bonds is 2. The van der Waals surface area contributed by atoms with Gasteiger partial charge in [-0.3, -0.25) is 9.59 Å². The summed E-state index contributed by atoms with van der Waals surface area (Å²) in [6, 6.07) is 13.4. The molecule has 2 aromatic carbocycles. The van der Waals surface area contributed by atoms with E-state index in [4.69, 9.17) is 0 Å². The lowest BCUT2D eigenvalue weighted by Gasteiger charge is -2.11. The summed E-state index contributed by atoms with van der Waals surface area (Å²) in [5.74, 6) is -0.412. The summed E-state index contributed by atoms with van der Waals surface area (Å²) < 4.78 is 0. The van der Waals surface area contributed by atoms with E-state index in [1.54, 1.807) is 0 Å². The Morgan fingerprint density at radius 2 is 1.76 bits per heavy atom. The molecule has 1 aliphatic heterocycles. The zero-order valence-electron chi connectivity index (χ0n) is 11.9. The van der Waals surface area contributed by atoms with Gasteiger partial charge < -0.3 is 10.6 Å². The normalized spacial score (nSPS) is 16.3. The molecule has 1 atom stereocenters. The van der Waals surface area contributed by atoms with Gasteiger partial charge in [-0.15, -0.1) is 0 Å². The van der Waals surface area contributed by atoms with Crippen molar-refractivity contribution < 1.29 is 9.59 Å². The van der Waals surface area contributed by atoms with Crippen LogP contribution in [0.2, 0.25) is 0 Å². The quantitative estimate of drug-likeness (QED) is 0.888. The minimum atomic E-state index is -0.608. The summed E-state index contributed by atoms with van der Waals surface area (Å²) in [4.78, 5) is 23.2. The SMILES string of the molecule is CC(=O)N[C@H]1C(=O)Nc2ccc(-c3ccc(C)cc3)cc21. The van der Waals surface area contributed by atoms with Gasteiger partial charge in [0.15, 0.2) is 0 Å². The van der Waals surface area contributed by atoms with Crippen molar-refractivity contribution in [1.29, 1.82) is 0 Å². The van der Waals surface area contributed by atoms with Gasteiger partial charge in [-0.2, -0.15) is 0 Å². The van der Waals surface area contributed by atoms with Crippen LogP contribution in [0.1, 0.15) is 24.1 Å². The zero-order valence-corrected chi connectivity index (χ0v) is 11.9. The maximum Gasteiger partial charge on any atom is 0.251 e. The van der Waals surface area contributed by atoms with Crippen LogP contribution in [-0.4, -0.2) is 11.8 Å². The molecule has 2 N–H and O–H groups in total. The molecule has 0 unspecified atom stereocenters. The van der Waals surface area contributed by atoms with Crippen LogP contribution in [-0.2, 0) is 9.59 Å². The molecule has 2 aromatic rings. The molecule has 3 rings (SSSR count). The van der Waals surface area contributed by atoms with E-state index in [1.807, 2.05) is 25.1 Å². The van der Waals surface area contributed by atoms with Crippen LogP contribution in [0, 0.1) is 6.92 Å². The monoisotopic (exact) mass is 280 g/mol. The summed E-state index contributed by atoms with van der Waals surface area (Å²) in [7, 11) is 0. The Morgan fingerprint density at radius 1 is 1.10 bits per heavy atom. The third kappa shape index (κ3) is 2.52. The van der Waals surface area contributed by atoms with E-state index in [0.29, 0.717) is 0 Å². The summed E-state index contributed by atoms with van der Waals surface area (Å²) in [5, 5.41) is 5.47. The van der Waals surface area contributed by atoms with Crippen molar-refractivity contribution in [2.45, 2.75) is 19.9 Å². The largest absolute Gasteiger partial charge is 0.341 e. The Hall–Kier alpha value is -2.62. The predicted molar refractivity (Wildman–Crippen MR) is 81.8 cm³/mol. The van der Waals surface area contributed by atoms with Gasteiger partial charge in [0.2, 0.25) is 5.91 Å². The van der Waals surface area contributed by atoms with Gasteiger partial charge in [0.1, 0.15) is 6.04 Å². The smallest absolute Gasteiger partial charge is 0.251 e. The number of fused-ring (bicyclic) bond motifs is 1. The topological polar surface area (TPSA) is 58.2 Å². The van der Waals surface area contributed by atoms with Gasteiger partial charge in [0, 0.05) is 18.2 Å². The van der Waals surface area contributed by atoms with Gasteiger partial charge in [-0.25, -0.2) is 0 Å². The Kier molecular flexibility index (Phi) is 3.22. The lowest BCUT2D eigenvalue weighted by atomic mass is 9.99. The average Bonchev–Trinajstić information content (AvgIpc) is 2.75. The lowest BCUT2D eigenvalue weighted by Crippen LogP contribution is -2.30. The Morgan fingerprint density at radius 3 is 2.43 bits per heavy atom. The van der Waals surface area contributed by atoms with Gasteiger partial charge in [0.25, 0.3) is 5.91 Å². The first-order valence-corrected chi connectivity index (χ1v) is 6.83. The average molecular weight is 280 g/mol. The Bertz CT molecular complexity index is 720. The maximum atomic E-state index is 11.9. The molecule has 0 radical (unpaired) electrons. The second kappa shape index (κ2) is 5.05. The molecule has 0 saturated carbocycles. The summed E-state index contributed by atoms with van der Waals surface area (Å²) in [6.07, 6.45) is 0. The number of aryl methyl sites for hydroxylation is 1. The fourth-order valence-electron chi connectivity index (χ4n) is 2.53. The predicted octanol–water partition coefficient (Wildman–Crippen LogP) is 2.79. The number of anilines is 1. The molecule has 1 heterocycles. The highest BCUT2D eigenvalue weighted by Gasteiger charge is 2.31. The van der Waals surface area contributed by atoms with Crippen molar-refractivity contribution in [3.8, 4) is 11.1 Å². The molecular formula is C17H16N2O2. The molecule has 0 saturated heterocycles. The van der Waals surface area contributed by atoms with Crippen LogP contribution < -0.4 is 10.6 Å². The molecule has 1 aliphatic rings. The minimum absolute atomic E-state index is 0.193. The second-order valence-corrected chi connectivity index (χ2v) is 5.29. The van der Waals surface area contributed by atoms with E-state index < -0.39 is 6.04 Å². The van der Waals surface area contributed by atoms with Gasteiger partial charge in [0.05, 0.1) is 0 Å². The van der Waals surface area contributed by atoms with E-state index in [2.05, 4.69) is 34.9 Å². The summed E-state index contributed by atoms with van der Waals surface area (Å²) >= 11 is 0. The number of carbonyl (C=O) groups excluding carboxylic acids is 2. The van der Waals surface area contributed by atoms with Crippen molar-refractivity contribution in [3.05, 3.63) is 53.6 Å². The molecule has 0 aromatic heterocycles. The molecular weight excluding hydrogens is 264 g/mol. The summed E-state index contributed by atoms with van der Waals surface area (Å²) in [5.41, 5.74) is 4.89. The first-order chi connectivity index (χ1) is 10.0. The van der Waals surface area contributed by atoms with Gasteiger partial charge in [-0.1, -0.05) is 35.9 Å². The fraction of sp³-hybridized carbons (Fsp3) is 0.176. The van der Waals surface area contributed by atoms with Crippen LogP contribution in [0.5, 0.6) is 0 Å². The van der Waals surface area contributed by atoms with Crippen LogP contribution in [0.4, 0.5) is 5.69 Å². The van der Waals surface area contributed by atoms with Crippen LogP contribution in [0.15, 0.2) is 42.5 Å². The number of benzene rings is 2. The molecule has 4 nitrogen and oxygen atoms in total. The molecule has 4 heteroatoms. The Balaban J connectivity index is 2.01. The van der Waals surface area contributed by atoms with Crippen molar-refractivity contribution >= 4 is 17.5 Å². The second-order valence-electron chi connectivity index (χ2n) is 5.29. The zero-order chi connectivity index (χ0) is 15.0. The number of nitrogens with one attached hydrogen (secondary N) is 2. The van der Waals surface area contributed by atoms with Crippen molar-refractivity contribution in [2.24, 2.45) is 0 Å². The highest BCUT2D eigenvalue weighted by atomic mass is 16.2. The summed E-state index contributed by atoms with van der Waals surface area (Å²) in [6.45, 7) is 3.46. The first kappa shape index (κ1) is 13.4. The van der Waals surface area contributed by atoms with E-state index in [-0.39, 0.29) is 11.8 Å². The minimum Gasteiger partial charge on any atom is -0.341 e. The molecule has 21 heavy (non-hydrogen) atoms. The number of hydrogen-bond acceptors (Lipinski definition) is 2. The molecule has 106 valence electrons. The van der Waals surface area contributed by atoms with Gasteiger partial charge in [-0.05, 0) is 30.2 Å². The van der Waals surface area contributed by atoms with Crippen molar-refractivity contribution in [3.63, 3.8) is 0 Å². The number of carbonyl (C=O) groups is 2. The standard InChI is InChI=1S/C17H16N2O2/c1-10-3-5-12(6-4-10)13-7-8-15-14(9-13)16(17(21)19-15)18-11(2)20/h3-9,16H,1-2H3,(H,18,20)(H,19,21)/t16-/m1/s1. The van der Waals surface area contributed by atoms with Gasteiger partial charge >= 0.3 is 0 Å². The van der Waals surface area contributed by atoms with Crippen LogP contribution in [0.3, 0.4) is 0 Å². The lowest BCUT2D eigenvalue weighted by molar-refractivity contribution is -0.124. The highest BCUT2D eigenvalue weighted by Crippen LogP contribution is 2.34.